The maximum Gasteiger partial charge on any atom is 0.482 e. The first-order chi connectivity index (χ1) is 19.1. The predicted octanol–water partition coefficient (Wildman–Crippen LogP) is 7.75. The Hall–Kier alpha value is -1.20. The van der Waals surface area contributed by atoms with Gasteiger partial charge in [-0.15, -0.1) is 11.8 Å². The Labute approximate surface area is 243 Å². The third-order valence-electron chi connectivity index (χ3n) is 9.97. The summed E-state index contributed by atoms with van der Waals surface area (Å²) in [5.41, 5.74) is 0.671. The molecule has 1 N–H and O–H groups in total. The number of alkyl halides is 5. The molecule has 1 heterocycles. The third-order valence-corrected chi connectivity index (χ3v) is 10.7. The minimum atomic E-state index is -5.78. The standard InChI is InChI=1S/C31H41F5O4S/c1-27(2)16-38-14-12-24-26-21(11-13-29(24,37)18-39-17-27)23-9-10-25(40-31(35,36)30(32,33)34)28(23,3)15-22(26)19-5-7-20(41-4)8-6-19/h5-8,21-23,25,37H,9-18H2,1-4H3. The summed E-state index contributed by atoms with van der Waals surface area (Å²) in [6, 6.07) is 8.05. The highest BCUT2D eigenvalue weighted by Crippen LogP contribution is 2.65. The molecule has 41 heavy (non-hydrogen) atoms. The molecule has 6 unspecified atom stereocenters. The van der Waals surface area contributed by atoms with E-state index in [9.17, 15) is 27.1 Å². The monoisotopic (exact) mass is 604 g/mol. The van der Waals surface area contributed by atoms with Gasteiger partial charge in [0.15, 0.2) is 0 Å². The van der Waals surface area contributed by atoms with Gasteiger partial charge in [0.2, 0.25) is 0 Å². The summed E-state index contributed by atoms with van der Waals surface area (Å²) in [6.45, 7) is 7.50. The van der Waals surface area contributed by atoms with Crippen molar-refractivity contribution in [2.45, 2.75) is 94.1 Å². The molecule has 0 aromatic heterocycles. The number of hydrogen-bond donors (Lipinski definition) is 1. The van der Waals surface area contributed by atoms with Gasteiger partial charge in [0.1, 0.15) is 5.60 Å². The second-order valence-electron chi connectivity index (χ2n) is 13.4. The van der Waals surface area contributed by atoms with E-state index >= 15 is 0 Å². The molecule has 3 fully saturated rings. The Morgan fingerprint density at radius 1 is 0.951 bits per heavy atom. The normalized spacial score (nSPS) is 36.3. The van der Waals surface area contributed by atoms with E-state index in [0.717, 1.165) is 21.6 Å². The SMILES string of the molecule is CSc1ccc(C2CC3(C)C(OC(F)(F)C(F)(F)F)CCC3C3CCC4(O)COCC(C)(C)COCCC4=C23)cc1. The van der Waals surface area contributed by atoms with Crippen LogP contribution in [0.3, 0.4) is 0 Å². The van der Waals surface area contributed by atoms with Crippen LogP contribution in [0, 0.1) is 22.7 Å². The molecule has 3 aliphatic carbocycles. The smallest absolute Gasteiger partial charge is 0.383 e. The maximum absolute atomic E-state index is 14.2. The van der Waals surface area contributed by atoms with Gasteiger partial charge in [0.25, 0.3) is 0 Å². The van der Waals surface area contributed by atoms with Gasteiger partial charge in [-0.25, -0.2) is 0 Å². The fraction of sp³-hybridized carbons (Fsp3) is 0.742. The summed E-state index contributed by atoms with van der Waals surface area (Å²) in [6.07, 6.45) is -7.71. The molecule has 6 atom stereocenters. The molecule has 0 spiro atoms. The number of halogens is 5. The van der Waals surface area contributed by atoms with E-state index in [1.165, 1.54) is 0 Å². The van der Waals surface area contributed by atoms with Crippen LogP contribution < -0.4 is 0 Å². The van der Waals surface area contributed by atoms with Crippen molar-refractivity contribution in [1.29, 1.82) is 0 Å². The minimum absolute atomic E-state index is 0.0678. The van der Waals surface area contributed by atoms with E-state index < -0.39 is 29.4 Å². The van der Waals surface area contributed by atoms with E-state index in [4.69, 9.17) is 9.47 Å². The molecule has 0 radical (unpaired) electrons. The molecule has 1 aliphatic heterocycles. The molecule has 230 valence electrons. The Morgan fingerprint density at radius 2 is 1.63 bits per heavy atom. The van der Waals surface area contributed by atoms with Crippen molar-refractivity contribution in [3.63, 3.8) is 0 Å². The van der Waals surface area contributed by atoms with E-state index in [0.29, 0.717) is 51.9 Å². The largest absolute Gasteiger partial charge is 0.482 e. The van der Waals surface area contributed by atoms with Gasteiger partial charge < -0.3 is 19.3 Å². The van der Waals surface area contributed by atoms with Gasteiger partial charge in [-0.1, -0.05) is 38.5 Å². The maximum atomic E-state index is 14.2. The van der Waals surface area contributed by atoms with Gasteiger partial charge >= 0.3 is 12.3 Å². The number of thioether (sulfide) groups is 1. The van der Waals surface area contributed by atoms with Gasteiger partial charge in [-0.3, -0.25) is 0 Å². The summed E-state index contributed by atoms with van der Waals surface area (Å²) < 4.78 is 84.8. The summed E-state index contributed by atoms with van der Waals surface area (Å²) in [4.78, 5) is 1.07. The Kier molecular flexibility index (Phi) is 8.42. The lowest BCUT2D eigenvalue weighted by Crippen LogP contribution is -2.52. The number of rotatable bonds is 4. The van der Waals surface area contributed by atoms with E-state index in [1.807, 2.05) is 37.4 Å². The Bertz CT molecular complexity index is 1140. The topological polar surface area (TPSA) is 47.9 Å². The zero-order chi connectivity index (χ0) is 29.8. The highest BCUT2D eigenvalue weighted by Gasteiger charge is 2.65. The summed E-state index contributed by atoms with van der Waals surface area (Å²) in [5, 5.41) is 12.1. The molecule has 0 bridgehead atoms. The summed E-state index contributed by atoms with van der Waals surface area (Å²) in [7, 11) is 0. The molecule has 1 aromatic carbocycles. The molecule has 10 heteroatoms. The lowest BCUT2D eigenvalue weighted by atomic mass is 9.52. The molecule has 2 saturated carbocycles. The first kappa shape index (κ1) is 31.2. The van der Waals surface area contributed by atoms with Crippen molar-refractivity contribution in [3.8, 4) is 0 Å². The average Bonchev–Trinajstić information content (AvgIpc) is 3.21. The van der Waals surface area contributed by atoms with Crippen LogP contribution >= 0.6 is 11.8 Å². The zero-order valence-corrected chi connectivity index (χ0v) is 25.0. The third kappa shape index (κ3) is 5.85. The highest BCUT2D eigenvalue weighted by molar-refractivity contribution is 7.98. The average molecular weight is 605 g/mol. The number of aliphatic hydroxyl groups is 1. The second kappa shape index (κ2) is 11.1. The Morgan fingerprint density at radius 3 is 2.29 bits per heavy atom. The summed E-state index contributed by atoms with van der Waals surface area (Å²) >= 11 is 1.60. The molecule has 1 saturated heterocycles. The van der Waals surface area contributed by atoms with Crippen LogP contribution in [0.1, 0.15) is 70.8 Å². The van der Waals surface area contributed by atoms with Crippen LogP contribution in [0.15, 0.2) is 40.3 Å². The number of hydrogen-bond acceptors (Lipinski definition) is 5. The Balaban J connectivity index is 1.58. The lowest BCUT2D eigenvalue weighted by molar-refractivity contribution is -0.408. The van der Waals surface area contributed by atoms with Crippen LogP contribution in [0.2, 0.25) is 0 Å². The summed E-state index contributed by atoms with van der Waals surface area (Å²) in [5.74, 6) is -0.467. The lowest BCUT2D eigenvalue weighted by Gasteiger charge is -2.54. The van der Waals surface area contributed by atoms with Crippen molar-refractivity contribution in [2.75, 3.05) is 32.7 Å². The predicted molar refractivity (Wildman–Crippen MR) is 147 cm³/mol. The highest BCUT2D eigenvalue weighted by atomic mass is 32.2. The van der Waals surface area contributed by atoms with E-state index in [-0.39, 0.29) is 36.2 Å². The van der Waals surface area contributed by atoms with Crippen LogP contribution in [-0.4, -0.2) is 61.8 Å². The molecule has 4 nitrogen and oxygen atoms in total. The van der Waals surface area contributed by atoms with Crippen molar-refractivity contribution < 1.29 is 41.3 Å². The van der Waals surface area contributed by atoms with Crippen molar-refractivity contribution in [3.05, 3.63) is 41.0 Å². The molecule has 4 aliphatic rings. The van der Waals surface area contributed by atoms with Crippen molar-refractivity contribution >= 4 is 11.8 Å². The van der Waals surface area contributed by atoms with E-state index in [2.05, 4.69) is 18.6 Å². The van der Waals surface area contributed by atoms with E-state index in [1.54, 1.807) is 11.8 Å². The van der Waals surface area contributed by atoms with Gasteiger partial charge in [0, 0.05) is 16.2 Å². The quantitative estimate of drug-likeness (QED) is 0.216. The van der Waals surface area contributed by atoms with Gasteiger partial charge in [-0.2, -0.15) is 22.0 Å². The molecule has 0 amide bonds. The minimum Gasteiger partial charge on any atom is -0.383 e. The molecule has 1 aromatic rings. The molecular formula is C31H41F5O4S. The van der Waals surface area contributed by atoms with Gasteiger partial charge in [-0.05, 0) is 85.3 Å². The van der Waals surface area contributed by atoms with Crippen molar-refractivity contribution in [2.24, 2.45) is 22.7 Å². The number of ether oxygens (including phenoxy) is 3. The van der Waals surface area contributed by atoms with Crippen LogP contribution in [0.5, 0.6) is 0 Å². The fourth-order valence-electron chi connectivity index (χ4n) is 7.97. The van der Waals surface area contributed by atoms with Crippen molar-refractivity contribution in [1.82, 2.24) is 0 Å². The van der Waals surface area contributed by atoms with Crippen LogP contribution in [0.25, 0.3) is 0 Å². The number of fused-ring (bicyclic) bond motifs is 4. The van der Waals surface area contributed by atoms with Crippen LogP contribution in [-0.2, 0) is 14.2 Å². The number of allylic oxidation sites excluding steroid dienone is 1. The second-order valence-corrected chi connectivity index (χ2v) is 14.3. The molecular weight excluding hydrogens is 563 g/mol. The fourth-order valence-corrected chi connectivity index (χ4v) is 8.38. The van der Waals surface area contributed by atoms with Crippen LogP contribution in [0.4, 0.5) is 22.0 Å². The first-order valence-electron chi connectivity index (χ1n) is 14.5. The first-order valence-corrected chi connectivity index (χ1v) is 15.7. The zero-order valence-electron chi connectivity index (χ0n) is 24.2. The number of benzene rings is 1. The molecule has 5 rings (SSSR count). The van der Waals surface area contributed by atoms with Gasteiger partial charge in [0.05, 0.1) is 32.5 Å².